The SMILES string of the molecule is c1ccc2c(c1)sc1c(-c3cccc4sc5c(-n6c7ccccc7c7ccccc76)cccc5c34)cccc12. The molecule has 0 amide bonds. The highest BCUT2D eigenvalue weighted by Gasteiger charge is 2.19. The third-order valence-electron chi connectivity index (χ3n) is 8.02. The zero-order chi connectivity index (χ0) is 25.5. The van der Waals surface area contributed by atoms with Gasteiger partial charge in [-0.3, -0.25) is 0 Å². The Balaban J connectivity index is 1.38. The van der Waals surface area contributed by atoms with Crippen LogP contribution in [0.2, 0.25) is 0 Å². The molecule has 9 rings (SSSR count). The average molecular weight is 532 g/mol. The van der Waals surface area contributed by atoms with Gasteiger partial charge < -0.3 is 4.57 Å². The minimum Gasteiger partial charge on any atom is -0.308 e. The van der Waals surface area contributed by atoms with Gasteiger partial charge in [0.15, 0.2) is 0 Å². The fraction of sp³-hybridized carbons (Fsp3) is 0. The van der Waals surface area contributed by atoms with Gasteiger partial charge in [0.2, 0.25) is 0 Å². The Hall–Kier alpha value is -4.44. The summed E-state index contributed by atoms with van der Waals surface area (Å²) in [5.41, 5.74) is 6.38. The van der Waals surface area contributed by atoms with Crippen LogP contribution in [0.5, 0.6) is 0 Å². The number of aromatic nitrogens is 1. The Morgan fingerprint density at radius 3 is 1.77 bits per heavy atom. The molecule has 182 valence electrons. The summed E-state index contributed by atoms with van der Waals surface area (Å²) in [6, 6.07) is 46.7. The summed E-state index contributed by atoms with van der Waals surface area (Å²) in [5.74, 6) is 0. The second-order valence-electron chi connectivity index (χ2n) is 10.1. The molecule has 3 heteroatoms. The van der Waals surface area contributed by atoms with Crippen LogP contribution >= 0.6 is 22.7 Å². The molecule has 3 aromatic heterocycles. The van der Waals surface area contributed by atoms with E-state index < -0.39 is 0 Å². The molecule has 3 heterocycles. The highest BCUT2D eigenvalue weighted by molar-refractivity contribution is 7.27. The van der Waals surface area contributed by atoms with E-state index in [0.717, 1.165) is 0 Å². The van der Waals surface area contributed by atoms with E-state index in [1.807, 2.05) is 22.7 Å². The second kappa shape index (κ2) is 8.03. The lowest BCUT2D eigenvalue weighted by atomic mass is 9.98. The normalized spacial score (nSPS) is 12.1. The molecular formula is C36H21NS2. The predicted molar refractivity (Wildman–Crippen MR) is 172 cm³/mol. The maximum absolute atomic E-state index is 2.45. The van der Waals surface area contributed by atoms with Crippen LogP contribution in [0.15, 0.2) is 127 Å². The van der Waals surface area contributed by atoms with Crippen LogP contribution in [0.4, 0.5) is 0 Å². The fourth-order valence-corrected chi connectivity index (χ4v) is 8.84. The predicted octanol–water partition coefficient (Wildman–Crippen LogP) is 11.2. The maximum Gasteiger partial charge on any atom is 0.0640 e. The second-order valence-corrected chi connectivity index (χ2v) is 12.2. The molecule has 0 atom stereocenters. The molecule has 0 saturated carbocycles. The Morgan fingerprint density at radius 2 is 0.949 bits per heavy atom. The van der Waals surface area contributed by atoms with Crippen molar-refractivity contribution < 1.29 is 0 Å². The molecular weight excluding hydrogens is 511 g/mol. The highest BCUT2D eigenvalue weighted by atomic mass is 32.1. The number of hydrogen-bond donors (Lipinski definition) is 0. The molecule has 9 aromatic rings. The maximum atomic E-state index is 2.45. The van der Waals surface area contributed by atoms with E-state index >= 15 is 0 Å². The van der Waals surface area contributed by atoms with Crippen LogP contribution in [0, 0.1) is 0 Å². The van der Waals surface area contributed by atoms with Gasteiger partial charge in [0.25, 0.3) is 0 Å². The van der Waals surface area contributed by atoms with Gasteiger partial charge in [0, 0.05) is 52.0 Å². The third kappa shape index (κ3) is 2.94. The van der Waals surface area contributed by atoms with Crippen LogP contribution < -0.4 is 0 Å². The lowest BCUT2D eigenvalue weighted by Crippen LogP contribution is -1.93. The number of para-hydroxylation sites is 2. The molecule has 0 saturated heterocycles. The molecule has 0 bridgehead atoms. The molecule has 0 aliphatic heterocycles. The zero-order valence-corrected chi connectivity index (χ0v) is 22.5. The minimum absolute atomic E-state index is 1.25. The van der Waals surface area contributed by atoms with E-state index in [0.29, 0.717) is 0 Å². The van der Waals surface area contributed by atoms with Gasteiger partial charge in [-0.05, 0) is 35.9 Å². The Bertz CT molecular complexity index is 2350. The van der Waals surface area contributed by atoms with Gasteiger partial charge in [-0.1, -0.05) is 97.1 Å². The monoisotopic (exact) mass is 531 g/mol. The largest absolute Gasteiger partial charge is 0.308 e. The van der Waals surface area contributed by atoms with E-state index in [4.69, 9.17) is 0 Å². The Labute approximate surface area is 232 Å². The Kier molecular flexibility index (Phi) is 4.43. The van der Waals surface area contributed by atoms with E-state index in [1.54, 1.807) is 0 Å². The van der Waals surface area contributed by atoms with Crippen LogP contribution in [-0.2, 0) is 0 Å². The Morgan fingerprint density at radius 1 is 0.385 bits per heavy atom. The molecule has 39 heavy (non-hydrogen) atoms. The van der Waals surface area contributed by atoms with Crippen molar-refractivity contribution in [1.82, 2.24) is 4.57 Å². The molecule has 1 nitrogen and oxygen atoms in total. The van der Waals surface area contributed by atoms with Crippen molar-refractivity contribution in [1.29, 1.82) is 0 Å². The van der Waals surface area contributed by atoms with Crippen molar-refractivity contribution in [2.24, 2.45) is 0 Å². The fourth-order valence-electron chi connectivity index (χ4n) is 6.37. The van der Waals surface area contributed by atoms with Crippen molar-refractivity contribution in [3.05, 3.63) is 127 Å². The van der Waals surface area contributed by atoms with Crippen LogP contribution in [-0.4, -0.2) is 4.57 Å². The first-order chi connectivity index (χ1) is 19.4. The van der Waals surface area contributed by atoms with Crippen LogP contribution in [0.1, 0.15) is 0 Å². The number of benzene rings is 6. The molecule has 0 aliphatic carbocycles. The number of rotatable bonds is 2. The number of fused-ring (bicyclic) bond motifs is 9. The molecule has 0 unspecified atom stereocenters. The summed E-state index contributed by atoms with van der Waals surface area (Å²) in [6.45, 7) is 0. The van der Waals surface area contributed by atoms with Gasteiger partial charge in [0.05, 0.1) is 21.4 Å². The van der Waals surface area contributed by atoms with Crippen molar-refractivity contribution >= 4 is 84.8 Å². The zero-order valence-electron chi connectivity index (χ0n) is 20.9. The van der Waals surface area contributed by atoms with Crippen molar-refractivity contribution in [2.75, 3.05) is 0 Å². The van der Waals surface area contributed by atoms with E-state index in [9.17, 15) is 0 Å². The standard InChI is InChI=1S/C36H21NS2/c1-4-17-29-22(10-1)23-11-2-5-18-30(23)37(29)31-19-8-16-28-34-25(13-9-21-33(34)39-36(28)31)27-15-7-14-26-24-12-3-6-20-32(24)38-35(26)27/h1-21H. The van der Waals surface area contributed by atoms with Gasteiger partial charge in [-0.2, -0.15) is 0 Å². The van der Waals surface area contributed by atoms with Crippen molar-refractivity contribution in [2.45, 2.75) is 0 Å². The van der Waals surface area contributed by atoms with Gasteiger partial charge >= 0.3 is 0 Å². The van der Waals surface area contributed by atoms with Gasteiger partial charge in [-0.25, -0.2) is 0 Å². The van der Waals surface area contributed by atoms with E-state index in [-0.39, 0.29) is 0 Å². The molecule has 6 aromatic carbocycles. The summed E-state index contributed by atoms with van der Waals surface area (Å²) in [4.78, 5) is 0. The van der Waals surface area contributed by atoms with Gasteiger partial charge in [-0.15, -0.1) is 22.7 Å². The van der Waals surface area contributed by atoms with Crippen LogP contribution in [0.3, 0.4) is 0 Å². The van der Waals surface area contributed by atoms with Crippen LogP contribution in [0.25, 0.3) is 79.0 Å². The summed E-state index contributed by atoms with van der Waals surface area (Å²) < 4.78 is 7.82. The quantitative estimate of drug-likeness (QED) is 0.209. The summed E-state index contributed by atoms with van der Waals surface area (Å²) in [7, 11) is 0. The number of nitrogens with zero attached hydrogens (tertiary/aromatic N) is 1. The third-order valence-corrected chi connectivity index (χ3v) is 10.4. The molecule has 0 N–H and O–H groups in total. The highest BCUT2D eigenvalue weighted by Crippen LogP contribution is 2.47. The smallest absolute Gasteiger partial charge is 0.0640 e. The number of hydrogen-bond acceptors (Lipinski definition) is 2. The topological polar surface area (TPSA) is 4.93 Å². The average Bonchev–Trinajstić information content (AvgIpc) is 3.67. The first-order valence-corrected chi connectivity index (χ1v) is 14.8. The minimum atomic E-state index is 1.25. The first kappa shape index (κ1) is 21.5. The molecule has 0 fully saturated rings. The number of thiophene rings is 2. The first-order valence-electron chi connectivity index (χ1n) is 13.2. The van der Waals surface area contributed by atoms with Gasteiger partial charge in [0.1, 0.15) is 0 Å². The molecule has 0 radical (unpaired) electrons. The van der Waals surface area contributed by atoms with E-state index in [2.05, 4.69) is 132 Å². The molecule has 0 aliphatic rings. The summed E-state index contributed by atoms with van der Waals surface area (Å²) >= 11 is 3.81. The lowest BCUT2D eigenvalue weighted by Gasteiger charge is -2.10. The van der Waals surface area contributed by atoms with Crippen molar-refractivity contribution in [3.63, 3.8) is 0 Å². The lowest BCUT2D eigenvalue weighted by molar-refractivity contribution is 1.20. The molecule has 0 spiro atoms. The summed E-state index contributed by atoms with van der Waals surface area (Å²) in [5, 5.41) is 7.95. The van der Waals surface area contributed by atoms with Crippen molar-refractivity contribution in [3.8, 4) is 16.8 Å². The summed E-state index contributed by atoms with van der Waals surface area (Å²) in [6.07, 6.45) is 0. The van der Waals surface area contributed by atoms with E-state index in [1.165, 1.54) is 79.0 Å².